The van der Waals surface area contributed by atoms with Gasteiger partial charge in [0.25, 0.3) is 0 Å². The molecule has 0 bridgehead atoms. The van der Waals surface area contributed by atoms with Crippen LogP contribution in [0, 0.1) is 6.07 Å². The second-order valence-electron chi connectivity index (χ2n) is 2.24. The molecule has 0 aromatic carbocycles. The average molecular weight is 198 g/mol. The lowest BCUT2D eigenvalue weighted by atomic mass is 10.3. The molecule has 0 aliphatic heterocycles. The Morgan fingerprint density at radius 2 is 2.17 bits per heavy atom. The van der Waals surface area contributed by atoms with Gasteiger partial charge in [-0.3, -0.25) is 4.98 Å². The van der Waals surface area contributed by atoms with Gasteiger partial charge in [-0.25, -0.2) is 4.98 Å². The van der Waals surface area contributed by atoms with E-state index in [4.69, 9.17) is 23.2 Å². The van der Waals surface area contributed by atoms with Crippen molar-refractivity contribution in [2.75, 3.05) is 0 Å². The summed E-state index contributed by atoms with van der Waals surface area (Å²) in [6.07, 6.45) is 1.56. The highest BCUT2D eigenvalue weighted by Crippen LogP contribution is 2.22. The molecular weight excluding hydrogens is 195 g/mol. The number of halogens is 2. The van der Waals surface area contributed by atoms with Crippen LogP contribution in [0.3, 0.4) is 0 Å². The summed E-state index contributed by atoms with van der Waals surface area (Å²) in [6, 6.07) is 6.21. The lowest BCUT2D eigenvalue weighted by Gasteiger charge is -1.97. The van der Waals surface area contributed by atoms with Crippen LogP contribution in [0.15, 0.2) is 18.3 Å². The second kappa shape index (κ2) is 2.88. The van der Waals surface area contributed by atoms with Gasteiger partial charge in [-0.1, -0.05) is 23.2 Å². The topological polar surface area (TPSA) is 25.8 Å². The molecular formula is C8H3Cl2N2. The van der Waals surface area contributed by atoms with Gasteiger partial charge in [0.1, 0.15) is 10.3 Å². The van der Waals surface area contributed by atoms with E-state index in [1.54, 1.807) is 18.3 Å². The van der Waals surface area contributed by atoms with Crippen LogP contribution in [0.25, 0.3) is 10.9 Å². The molecule has 0 atom stereocenters. The Morgan fingerprint density at radius 1 is 1.33 bits per heavy atom. The van der Waals surface area contributed by atoms with Crippen molar-refractivity contribution in [3.05, 3.63) is 34.7 Å². The molecule has 59 valence electrons. The quantitative estimate of drug-likeness (QED) is 0.608. The Kier molecular flexibility index (Phi) is 1.87. The van der Waals surface area contributed by atoms with Crippen molar-refractivity contribution >= 4 is 34.1 Å². The Balaban J connectivity index is 2.89. The third-order valence-electron chi connectivity index (χ3n) is 1.46. The molecule has 0 unspecified atom stereocenters. The molecule has 0 aliphatic rings. The van der Waals surface area contributed by atoms with E-state index in [-0.39, 0.29) is 0 Å². The first-order valence-corrected chi connectivity index (χ1v) is 4.01. The van der Waals surface area contributed by atoms with Crippen LogP contribution >= 0.6 is 23.2 Å². The number of fused-ring (bicyclic) bond motifs is 1. The predicted octanol–water partition coefficient (Wildman–Crippen LogP) is 2.74. The molecule has 0 saturated heterocycles. The summed E-state index contributed by atoms with van der Waals surface area (Å²) in [7, 11) is 0. The highest BCUT2D eigenvalue weighted by Gasteiger charge is 2.01. The Morgan fingerprint density at radius 3 is 3.00 bits per heavy atom. The minimum atomic E-state index is 0.353. The van der Waals surface area contributed by atoms with Crippen LogP contribution in [0.2, 0.25) is 10.3 Å². The van der Waals surface area contributed by atoms with Gasteiger partial charge in [0, 0.05) is 23.7 Å². The normalized spacial score (nSPS) is 10.5. The number of hydrogen-bond donors (Lipinski definition) is 0. The molecule has 1 radical (unpaired) electrons. The molecule has 4 heteroatoms. The molecule has 0 N–H and O–H groups in total. The van der Waals surface area contributed by atoms with Crippen LogP contribution in [0.4, 0.5) is 0 Å². The number of nitrogens with zero attached hydrogens (tertiary/aromatic N) is 2. The summed E-state index contributed by atoms with van der Waals surface area (Å²) in [5, 5.41) is 1.48. The standard InChI is InChI=1S/C8H3Cl2N2/c9-7-4-6-5(8(10)12-7)2-1-3-11-6/h2-4H. The first-order valence-electron chi connectivity index (χ1n) is 3.25. The van der Waals surface area contributed by atoms with Gasteiger partial charge in [0.05, 0.1) is 5.52 Å². The van der Waals surface area contributed by atoms with E-state index in [1.165, 1.54) is 0 Å². The molecule has 0 spiro atoms. The lowest BCUT2D eigenvalue weighted by Crippen LogP contribution is -1.83. The van der Waals surface area contributed by atoms with E-state index < -0.39 is 0 Å². The molecule has 2 aromatic rings. The minimum absolute atomic E-state index is 0.353. The average Bonchev–Trinajstić information content (AvgIpc) is 2.04. The third-order valence-corrected chi connectivity index (χ3v) is 1.95. The van der Waals surface area contributed by atoms with Gasteiger partial charge < -0.3 is 0 Å². The monoisotopic (exact) mass is 197 g/mol. The van der Waals surface area contributed by atoms with Crippen LogP contribution in [0.1, 0.15) is 0 Å². The molecule has 2 rings (SSSR count). The summed E-state index contributed by atoms with van der Waals surface area (Å²) in [4.78, 5) is 7.91. The van der Waals surface area contributed by atoms with Crippen LogP contribution in [-0.4, -0.2) is 9.97 Å². The van der Waals surface area contributed by atoms with Crippen LogP contribution in [-0.2, 0) is 0 Å². The number of rotatable bonds is 0. The van der Waals surface area contributed by atoms with Crippen molar-refractivity contribution in [1.82, 2.24) is 9.97 Å². The van der Waals surface area contributed by atoms with Crippen molar-refractivity contribution in [3.63, 3.8) is 0 Å². The zero-order chi connectivity index (χ0) is 8.55. The summed E-state index contributed by atoms with van der Waals surface area (Å²) >= 11 is 11.5. The van der Waals surface area contributed by atoms with Crippen LogP contribution < -0.4 is 0 Å². The molecule has 0 fully saturated rings. The van der Waals surface area contributed by atoms with Crippen molar-refractivity contribution in [2.45, 2.75) is 0 Å². The highest BCUT2D eigenvalue weighted by molar-refractivity contribution is 6.36. The van der Waals surface area contributed by atoms with Crippen molar-refractivity contribution in [3.8, 4) is 0 Å². The molecule has 2 nitrogen and oxygen atoms in total. The smallest absolute Gasteiger partial charge is 0.140 e. The van der Waals surface area contributed by atoms with E-state index in [2.05, 4.69) is 16.0 Å². The summed E-state index contributed by atoms with van der Waals surface area (Å²) < 4.78 is 0. The maximum Gasteiger partial charge on any atom is 0.140 e. The van der Waals surface area contributed by atoms with Crippen LogP contribution in [0.5, 0.6) is 0 Å². The molecule has 12 heavy (non-hydrogen) atoms. The maximum absolute atomic E-state index is 5.81. The van der Waals surface area contributed by atoms with Crippen molar-refractivity contribution in [1.29, 1.82) is 0 Å². The SMILES string of the molecule is Clc1cc2nc[c]cc2c(Cl)n1. The van der Waals surface area contributed by atoms with Gasteiger partial charge in [-0.05, 0) is 6.07 Å². The fourth-order valence-electron chi connectivity index (χ4n) is 0.950. The Bertz CT molecular complexity index is 428. The fourth-order valence-corrected chi connectivity index (χ4v) is 1.42. The summed E-state index contributed by atoms with van der Waals surface area (Å²) in [5.41, 5.74) is 0.735. The van der Waals surface area contributed by atoms with E-state index in [0.717, 1.165) is 10.9 Å². The molecule has 2 heterocycles. The van der Waals surface area contributed by atoms with Crippen molar-refractivity contribution in [2.24, 2.45) is 0 Å². The van der Waals surface area contributed by atoms with Gasteiger partial charge in [-0.2, -0.15) is 0 Å². The van der Waals surface area contributed by atoms with E-state index >= 15 is 0 Å². The number of aromatic nitrogens is 2. The minimum Gasteiger partial charge on any atom is -0.255 e. The van der Waals surface area contributed by atoms with E-state index in [1.807, 2.05) is 0 Å². The largest absolute Gasteiger partial charge is 0.255 e. The van der Waals surface area contributed by atoms with Gasteiger partial charge >= 0.3 is 0 Å². The maximum atomic E-state index is 5.81. The molecule has 2 aromatic heterocycles. The lowest BCUT2D eigenvalue weighted by molar-refractivity contribution is 1.32. The number of hydrogen-bond acceptors (Lipinski definition) is 2. The second-order valence-corrected chi connectivity index (χ2v) is 2.98. The highest BCUT2D eigenvalue weighted by atomic mass is 35.5. The molecule has 0 aliphatic carbocycles. The Labute approximate surface area is 79.2 Å². The zero-order valence-electron chi connectivity index (χ0n) is 5.88. The zero-order valence-corrected chi connectivity index (χ0v) is 7.39. The van der Waals surface area contributed by atoms with Gasteiger partial charge in [0.15, 0.2) is 0 Å². The first kappa shape index (κ1) is 7.77. The van der Waals surface area contributed by atoms with Crippen molar-refractivity contribution < 1.29 is 0 Å². The molecule has 0 amide bonds. The van der Waals surface area contributed by atoms with E-state index in [0.29, 0.717) is 10.3 Å². The summed E-state index contributed by atoms with van der Waals surface area (Å²) in [6.45, 7) is 0. The van der Waals surface area contributed by atoms with Gasteiger partial charge in [0.2, 0.25) is 0 Å². The number of pyridine rings is 2. The predicted molar refractivity (Wildman–Crippen MR) is 48.4 cm³/mol. The molecule has 0 saturated carbocycles. The Hall–Kier alpha value is -0.860. The first-order chi connectivity index (χ1) is 5.77. The fraction of sp³-hybridized carbons (Fsp3) is 0. The summed E-state index contributed by atoms with van der Waals surface area (Å²) in [5.74, 6) is 0. The van der Waals surface area contributed by atoms with E-state index in [9.17, 15) is 0 Å². The van der Waals surface area contributed by atoms with Gasteiger partial charge in [-0.15, -0.1) is 0 Å². The third kappa shape index (κ3) is 1.24.